The van der Waals surface area contributed by atoms with Crippen molar-refractivity contribution in [2.24, 2.45) is 0 Å². The molecule has 0 fully saturated rings. The molecule has 9 aromatic carbocycles. The van der Waals surface area contributed by atoms with Gasteiger partial charge in [-0.2, -0.15) is 0 Å². The molecule has 0 spiro atoms. The van der Waals surface area contributed by atoms with Crippen LogP contribution in [0.5, 0.6) is 0 Å². The van der Waals surface area contributed by atoms with Gasteiger partial charge in [-0.05, 0) is 119 Å². The largest absolute Gasteiger partial charge is 0.455 e. The second-order valence-corrected chi connectivity index (χ2v) is 16.9. The van der Waals surface area contributed by atoms with Gasteiger partial charge in [0.05, 0.1) is 32.8 Å². The first-order chi connectivity index (χ1) is 30.0. The summed E-state index contributed by atoms with van der Waals surface area (Å²) in [5, 5.41) is 6.91. The topological polar surface area (TPSA) is 26.2 Å². The quantitative estimate of drug-likeness (QED) is 0.174. The van der Waals surface area contributed by atoms with Gasteiger partial charge in [0, 0.05) is 55.4 Å². The Morgan fingerprint density at radius 2 is 0.852 bits per heavy atom. The van der Waals surface area contributed by atoms with Gasteiger partial charge in [0.15, 0.2) is 0 Å². The first-order valence-corrected chi connectivity index (χ1v) is 21.1. The Balaban J connectivity index is 0.990. The van der Waals surface area contributed by atoms with Crippen molar-refractivity contribution in [3.63, 3.8) is 0 Å². The fraction of sp³-hybridized carbons (Fsp3) is 0.0526. The number of nitrogens with zero attached hydrogens (tertiary/aromatic N) is 3. The van der Waals surface area contributed by atoms with Crippen molar-refractivity contribution in [2.45, 2.75) is 19.3 Å². The molecule has 0 unspecified atom stereocenters. The van der Waals surface area contributed by atoms with E-state index in [1.807, 2.05) is 0 Å². The number of benzene rings is 9. The lowest BCUT2D eigenvalue weighted by Gasteiger charge is -2.28. The van der Waals surface area contributed by atoms with Crippen molar-refractivity contribution in [3.05, 3.63) is 211 Å². The van der Waals surface area contributed by atoms with E-state index >= 15 is 0 Å². The van der Waals surface area contributed by atoms with Crippen LogP contribution in [0.2, 0.25) is 0 Å². The Hall–Kier alpha value is -7.82. The second-order valence-electron chi connectivity index (χ2n) is 16.9. The fourth-order valence-electron chi connectivity index (χ4n) is 10.5. The van der Waals surface area contributed by atoms with E-state index in [2.05, 4.69) is 228 Å². The number of furan rings is 1. The summed E-state index contributed by atoms with van der Waals surface area (Å²) in [4.78, 5) is 2.36. The third-order valence-corrected chi connectivity index (χ3v) is 13.3. The van der Waals surface area contributed by atoms with E-state index in [1.54, 1.807) is 0 Å². The van der Waals surface area contributed by atoms with E-state index in [-0.39, 0.29) is 5.41 Å². The molecule has 288 valence electrons. The number of hydrogen-bond acceptors (Lipinski definition) is 2. The minimum absolute atomic E-state index is 0.231. The van der Waals surface area contributed by atoms with Gasteiger partial charge in [0.25, 0.3) is 0 Å². The van der Waals surface area contributed by atoms with Crippen molar-refractivity contribution < 1.29 is 4.42 Å². The fourth-order valence-corrected chi connectivity index (χ4v) is 10.5. The highest BCUT2D eigenvalue weighted by Crippen LogP contribution is 2.52. The van der Waals surface area contributed by atoms with Crippen molar-refractivity contribution in [3.8, 4) is 22.5 Å². The molecular formula is C57H39N3O. The molecule has 0 radical (unpaired) electrons. The minimum Gasteiger partial charge on any atom is -0.455 e. The number of aromatic nitrogens is 2. The molecule has 0 atom stereocenters. The lowest BCUT2D eigenvalue weighted by molar-refractivity contribution is 0.660. The monoisotopic (exact) mass is 781 g/mol. The first kappa shape index (κ1) is 34.1. The first-order valence-electron chi connectivity index (χ1n) is 21.1. The summed E-state index contributed by atoms with van der Waals surface area (Å²) in [5.41, 5.74) is 17.2. The molecule has 1 aliphatic carbocycles. The van der Waals surface area contributed by atoms with E-state index < -0.39 is 0 Å². The van der Waals surface area contributed by atoms with Crippen LogP contribution >= 0.6 is 0 Å². The van der Waals surface area contributed by atoms with Gasteiger partial charge < -0.3 is 18.5 Å². The normalized spacial score (nSPS) is 13.2. The van der Waals surface area contributed by atoms with Gasteiger partial charge in [0.2, 0.25) is 0 Å². The molecule has 4 heteroatoms. The molecular weight excluding hydrogens is 743 g/mol. The van der Waals surface area contributed by atoms with Crippen LogP contribution in [0.1, 0.15) is 25.0 Å². The van der Waals surface area contributed by atoms with Gasteiger partial charge >= 0.3 is 0 Å². The summed E-state index contributed by atoms with van der Waals surface area (Å²) in [6.07, 6.45) is 0. The highest BCUT2D eigenvalue weighted by Gasteiger charge is 2.37. The lowest BCUT2D eigenvalue weighted by Crippen LogP contribution is -2.17. The Morgan fingerprint density at radius 3 is 1.43 bits per heavy atom. The van der Waals surface area contributed by atoms with Crippen LogP contribution in [0.25, 0.3) is 88.1 Å². The number of anilines is 3. The van der Waals surface area contributed by atoms with E-state index in [0.29, 0.717) is 0 Å². The van der Waals surface area contributed by atoms with Gasteiger partial charge in [-0.3, -0.25) is 0 Å². The summed E-state index contributed by atoms with van der Waals surface area (Å²) >= 11 is 0. The molecule has 1 aliphatic rings. The van der Waals surface area contributed by atoms with Gasteiger partial charge in [-0.15, -0.1) is 0 Å². The predicted molar refractivity (Wildman–Crippen MR) is 255 cm³/mol. The standard InChI is InChI=1S/C57H39N3O/c1-57(2)47-34-39(58(36-16-6-3-7-17-36)37-18-8-4-9-19-37)26-28-41(47)42-29-27-40(35-48(42)57)60-50-25-15-13-23-46(50)54-52(60)33-31-44-43-30-32-51-53(55(43)61-56(44)54)45-22-12-14-24-49(45)59(51)38-20-10-5-11-21-38/h3-35H,1-2H3. The number of hydrogen-bond donors (Lipinski definition) is 0. The van der Waals surface area contributed by atoms with E-state index in [1.165, 1.54) is 38.5 Å². The molecule has 0 aliphatic heterocycles. The molecule has 0 bridgehead atoms. The zero-order valence-corrected chi connectivity index (χ0v) is 33.8. The molecule has 3 heterocycles. The summed E-state index contributed by atoms with van der Waals surface area (Å²) in [6.45, 7) is 4.75. The molecule has 13 rings (SSSR count). The Bertz CT molecular complexity index is 3680. The zero-order valence-electron chi connectivity index (χ0n) is 33.8. The van der Waals surface area contributed by atoms with E-state index in [4.69, 9.17) is 4.42 Å². The number of fused-ring (bicyclic) bond motifs is 14. The molecule has 12 aromatic rings. The number of rotatable bonds is 5. The Morgan fingerprint density at radius 1 is 0.377 bits per heavy atom. The highest BCUT2D eigenvalue weighted by atomic mass is 16.3. The predicted octanol–water partition coefficient (Wildman–Crippen LogP) is 15.6. The van der Waals surface area contributed by atoms with Crippen molar-refractivity contribution in [2.75, 3.05) is 4.90 Å². The van der Waals surface area contributed by atoms with E-state index in [0.717, 1.165) is 77.7 Å². The SMILES string of the molecule is CC1(C)c2cc(N(c3ccccc3)c3ccccc3)ccc2-c2ccc(-n3c4ccccc4c4c5oc6c(ccc7c6c6ccccc6n7-c6ccccc6)c5ccc43)cc21. The summed E-state index contributed by atoms with van der Waals surface area (Å²) in [6, 6.07) is 72.6. The van der Waals surface area contributed by atoms with Crippen LogP contribution in [0.3, 0.4) is 0 Å². The van der Waals surface area contributed by atoms with Crippen LogP contribution in [-0.2, 0) is 5.41 Å². The minimum atomic E-state index is -0.231. The van der Waals surface area contributed by atoms with E-state index in [9.17, 15) is 0 Å². The zero-order chi connectivity index (χ0) is 40.4. The average molecular weight is 782 g/mol. The maximum Gasteiger partial charge on any atom is 0.145 e. The summed E-state index contributed by atoms with van der Waals surface area (Å²) < 4.78 is 12.0. The summed E-state index contributed by atoms with van der Waals surface area (Å²) in [5.74, 6) is 0. The van der Waals surface area contributed by atoms with Crippen LogP contribution in [0.15, 0.2) is 205 Å². The van der Waals surface area contributed by atoms with Gasteiger partial charge in [-0.25, -0.2) is 0 Å². The molecule has 0 saturated carbocycles. The van der Waals surface area contributed by atoms with Crippen molar-refractivity contribution in [1.29, 1.82) is 0 Å². The Labute approximate surface area is 352 Å². The molecule has 0 amide bonds. The maximum absolute atomic E-state index is 7.21. The molecule has 0 N–H and O–H groups in total. The second kappa shape index (κ2) is 12.6. The maximum atomic E-state index is 7.21. The van der Waals surface area contributed by atoms with Crippen molar-refractivity contribution >= 4 is 82.6 Å². The Kier molecular flexibility index (Phi) is 7.04. The lowest BCUT2D eigenvalue weighted by atomic mass is 9.82. The molecule has 0 saturated heterocycles. The highest BCUT2D eigenvalue weighted by molar-refractivity contribution is 6.29. The number of para-hydroxylation sites is 5. The van der Waals surface area contributed by atoms with Crippen molar-refractivity contribution in [1.82, 2.24) is 9.13 Å². The van der Waals surface area contributed by atoms with Crippen LogP contribution < -0.4 is 4.90 Å². The third kappa shape index (κ3) is 4.76. The molecule has 61 heavy (non-hydrogen) atoms. The van der Waals surface area contributed by atoms with Crippen LogP contribution in [0, 0.1) is 0 Å². The van der Waals surface area contributed by atoms with Gasteiger partial charge in [0.1, 0.15) is 11.2 Å². The smallest absolute Gasteiger partial charge is 0.145 e. The third-order valence-electron chi connectivity index (χ3n) is 13.3. The van der Waals surface area contributed by atoms with Crippen LogP contribution in [-0.4, -0.2) is 9.13 Å². The summed E-state index contributed by atoms with van der Waals surface area (Å²) in [7, 11) is 0. The molecule has 4 nitrogen and oxygen atoms in total. The molecule has 3 aromatic heterocycles. The van der Waals surface area contributed by atoms with Crippen LogP contribution in [0.4, 0.5) is 17.1 Å². The average Bonchev–Trinajstić information content (AvgIpc) is 4.02. The van der Waals surface area contributed by atoms with Gasteiger partial charge in [-0.1, -0.05) is 117 Å².